The van der Waals surface area contributed by atoms with Crippen LogP contribution in [0.4, 0.5) is 0 Å². The standard InChI is InChI=1S/C14H31NO3/c1-4-16-9-6-5-7-15-8-10-17-11-12-18-13-14(2)3/h14-15H,4-13H2,1-3H3. The van der Waals surface area contributed by atoms with Crippen molar-refractivity contribution in [1.29, 1.82) is 0 Å². The lowest BCUT2D eigenvalue weighted by atomic mass is 10.2. The largest absolute Gasteiger partial charge is 0.382 e. The van der Waals surface area contributed by atoms with Crippen LogP contribution in [0.5, 0.6) is 0 Å². The molecule has 0 bridgehead atoms. The Balaban J connectivity index is 2.90. The number of hydrogen-bond donors (Lipinski definition) is 1. The molecule has 0 aliphatic heterocycles. The molecule has 0 aliphatic carbocycles. The Kier molecular flexibility index (Phi) is 14.8. The van der Waals surface area contributed by atoms with Gasteiger partial charge in [0.25, 0.3) is 0 Å². The average molecular weight is 261 g/mol. The fourth-order valence-corrected chi connectivity index (χ4v) is 1.41. The summed E-state index contributed by atoms with van der Waals surface area (Å²) >= 11 is 0. The molecule has 0 heterocycles. The van der Waals surface area contributed by atoms with E-state index in [1.807, 2.05) is 6.92 Å². The van der Waals surface area contributed by atoms with Gasteiger partial charge < -0.3 is 19.5 Å². The molecule has 0 aliphatic rings. The minimum absolute atomic E-state index is 0.600. The zero-order valence-corrected chi connectivity index (χ0v) is 12.4. The summed E-state index contributed by atoms with van der Waals surface area (Å²) < 4.78 is 16.1. The van der Waals surface area contributed by atoms with Gasteiger partial charge in [0, 0.05) is 26.4 Å². The van der Waals surface area contributed by atoms with Crippen molar-refractivity contribution in [2.24, 2.45) is 5.92 Å². The molecule has 0 aromatic carbocycles. The van der Waals surface area contributed by atoms with Gasteiger partial charge in [-0.05, 0) is 32.2 Å². The van der Waals surface area contributed by atoms with Crippen LogP contribution in [0.25, 0.3) is 0 Å². The quantitative estimate of drug-likeness (QED) is 0.486. The van der Waals surface area contributed by atoms with Crippen molar-refractivity contribution in [2.75, 3.05) is 52.7 Å². The molecule has 0 aromatic rings. The third kappa shape index (κ3) is 15.8. The van der Waals surface area contributed by atoms with E-state index in [1.165, 1.54) is 0 Å². The Labute approximate surface area is 112 Å². The van der Waals surface area contributed by atoms with Crippen LogP contribution >= 0.6 is 0 Å². The third-order valence-corrected chi connectivity index (χ3v) is 2.34. The minimum atomic E-state index is 0.600. The van der Waals surface area contributed by atoms with E-state index in [-0.39, 0.29) is 0 Å². The third-order valence-electron chi connectivity index (χ3n) is 2.34. The van der Waals surface area contributed by atoms with Gasteiger partial charge in [0.1, 0.15) is 0 Å². The summed E-state index contributed by atoms with van der Waals surface area (Å²) in [7, 11) is 0. The highest BCUT2D eigenvalue weighted by molar-refractivity contribution is 4.47. The first-order chi connectivity index (χ1) is 8.77. The summed E-state index contributed by atoms with van der Waals surface area (Å²) in [4.78, 5) is 0. The topological polar surface area (TPSA) is 39.7 Å². The van der Waals surface area contributed by atoms with E-state index in [0.717, 1.165) is 52.4 Å². The highest BCUT2D eigenvalue weighted by atomic mass is 16.5. The number of hydrogen-bond acceptors (Lipinski definition) is 4. The Bertz CT molecular complexity index is 154. The molecule has 0 radical (unpaired) electrons. The summed E-state index contributed by atoms with van der Waals surface area (Å²) in [5.74, 6) is 0.600. The average Bonchev–Trinajstić information content (AvgIpc) is 2.34. The zero-order chi connectivity index (χ0) is 13.5. The molecule has 0 fully saturated rings. The maximum atomic E-state index is 5.45. The van der Waals surface area contributed by atoms with Crippen molar-refractivity contribution in [3.8, 4) is 0 Å². The van der Waals surface area contributed by atoms with E-state index in [2.05, 4.69) is 19.2 Å². The highest BCUT2D eigenvalue weighted by Gasteiger charge is 1.94. The van der Waals surface area contributed by atoms with E-state index in [4.69, 9.17) is 14.2 Å². The zero-order valence-electron chi connectivity index (χ0n) is 12.4. The molecule has 4 heteroatoms. The number of ether oxygens (including phenoxy) is 3. The lowest BCUT2D eigenvalue weighted by Gasteiger charge is -2.08. The highest BCUT2D eigenvalue weighted by Crippen LogP contribution is 1.91. The van der Waals surface area contributed by atoms with Crippen LogP contribution in [0.15, 0.2) is 0 Å². The Morgan fingerprint density at radius 1 is 0.833 bits per heavy atom. The van der Waals surface area contributed by atoms with Crippen LogP contribution in [0.1, 0.15) is 33.6 Å². The maximum absolute atomic E-state index is 5.45. The van der Waals surface area contributed by atoms with Crippen LogP contribution in [-0.2, 0) is 14.2 Å². The van der Waals surface area contributed by atoms with Crippen molar-refractivity contribution < 1.29 is 14.2 Å². The van der Waals surface area contributed by atoms with E-state index < -0.39 is 0 Å². The van der Waals surface area contributed by atoms with Gasteiger partial charge in [0.05, 0.1) is 19.8 Å². The molecule has 0 rings (SSSR count). The van der Waals surface area contributed by atoms with E-state index in [1.54, 1.807) is 0 Å². The van der Waals surface area contributed by atoms with Gasteiger partial charge in [-0.3, -0.25) is 0 Å². The Morgan fingerprint density at radius 2 is 1.61 bits per heavy atom. The fourth-order valence-electron chi connectivity index (χ4n) is 1.41. The smallest absolute Gasteiger partial charge is 0.0701 e. The van der Waals surface area contributed by atoms with Gasteiger partial charge in [-0.25, -0.2) is 0 Å². The molecule has 0 saturated heterocycles. The molecule has 0 aromatic heterocycles. The summed E-state index contributed by atoms with van der Waals surface area (Å²) in [6.07, 6.45) is 2.29. The summed E-state index contributed by atoms with van der Waals surface area (Å²) in [5.41, 5.74) is 0. The number of unbranched alkanes of at least 4 members (excludes halogenated alkanes) is 1. The molecule has 0 atom stereocenters. The summed E-state index contributed by atoms with van der Waals surface area (Å²) in [6.45, 7) is 13.0. The van der Waals surface area contributed by atoms with Crippen LogP contribution in [0.2, 0.25) is 0 Å². The summed E-state index contributed by atoms with van der Waals surface area (Å²) in [5, 5.41) is 3.35. The number of nitrogens with one attached hydrogen (secondary N) is 1. The molecule has 0 spiro atoms. The molecular formula is C14H31NO3. The molecule has 1 N–H and O–H groups in total. The van der Waals surface area contributed by atoms with Crippen molar-refractivity contribution >= 4 is 0 Å². The molecule has 4 nitrogen and oxygen atoms in total. The van der Waals surface area contributed by atoms with Crippen molar-refractivity contribution in [1.82, 2.24) is 5.32 Å². The number of rotatable bonds is 14. The van der Waals surface area contributed by atoms with Crippen LogP contribution in [0, 0.1) is 5.92 Å². The maximum Gasteiger partial charge on any atom is 0.0701 e. The Hall–Kier alpha value is -0.160. The van der Waals surface area contributed by atoms with Gasteiger partial charge >= 0.3 is 0 Å². The van der Waals surface area contributed by atoms with E-state index in [0.29, 0.717) is 19.1 Å². The predicted molar refractivity (Wildman–Crippen MR) is 75.1 cm³/mol. The second kappa shape index (κ2) is 14.9. The normalized spacial score (nSPS) is 11.3. The molecule has 0 amide bonds. The summed E-state index contributed by atoms with van der Waals surface area (Å²) in [6, 6.07) is 0. The molecule has 0 unspecified atom stereocenters. The molecule has 18 heavy (non-hydrogen) atoms. The second-order valence-electron chi connectivity index (χ2n) is 4.74. The van der Waals surface area contributed by atoms with Crippen molar-refractivity contribution in [3.05, 3.63) is 0 Å². The van der Waals surface area contributed by atoms with E-state index in [9.17, 15) is 0 Å². The van der Waals surface area contributed by atoms with Gasteiger partial charge in [0.2, 0.25) is 0 Å². The predicted octanol–water partition coefficient (Wildman–Crippen LogP) is 2.08. The first-order valence-electron chi connectivity index (χ1n) is 7.21. The SMILES string of the molecule is CCOCCCCNCCOCCOCC(C)C. The Morgan fingerprint density at radius 3 is 2.33 bits per heavy atom. The molecular weight excluding hydrogens is 230 g/mol. The van der Waals surface area contributed by atoms with Crippen molar-refractivity contribution in [2.45, 2.75) is 33.6 Å². The minimum Gasteiger partial charge on any atom is -0.382 e. The van der Waals surface area contributed by atoms with Crippen LogP contribution in [-0.4, -0.2) is 52.7 Å². The van der Waals surface area contributed by atoms with Crippen molar-refractivity contribution in [3.63, 3.8) is 0 Å². The van der Waals surface area contributed by atoms with E-state index >= 15 is 0 Å². The van der Waals surface area contributed by atoms with Gasteiger partial charge in [-0.2, -0.15) is 0 Å². The first kappa shape index (κ1) is 17.8. The lowest BCUT2D eigenvalue weighted by molar-refractivity contribution is 0.0387. The van der Waals surface area contributed by atoms with Gasteiger partial charge in [-0.15, -0.1) is 0 Å². The second-order valence-corrected chi connectivity index (χ2v) is 4.74. The van der Waals surface area contributed by atoms with Gasteiger partial charge in [0.15, 0.2) is 0 Å². The molecule has 0 saturated carbocycles. The fraction of sp³-hybridized carbons (Fsp3) is 1.00. The van der Waals surface area contributed by atoms with Crippen LogP contribution < -0.4 is 5.32 Å². The first-order valence-corrected chi connectivity index (χ1v) is 7.21. The lowest BCUT2D eigenvalue weighted by Crippen LogP contribution is -2.22. The molecule has 110 valence electrons. The monoisotopic (exact) mass is 261 g/mol. The van der Waals surface area contributed by atoms with Crippen LogP contribution in [0.3, 0.4) is 0 Å². The van der Waals surface area contributed by atoms with Gasteiger partial charge in [-0.1, -0.05) is 13.8 Å².